The lowest BCUT2D eigenvalue weighted by molar-refractivity contribution is -0.114. The van der Waals surface area contributed by atoms with Crippen LogP contribution in [-0.4, -0.2) is 19.2 Å². The Morgan fingerprint density at radius 1 is 1.50 bits per heavy atom. The molecule has 0 bridgehead atoms. The third-order valence-corrected chi connectivity index (χ3v) is 1.93. The summed E-state index contributed by atoms with van der Waals surface area (Å²) in [7, 11) is 0. The highest BCUT2D eigenvalue weighted by atomic mass is 16.7. The van der Waals surface area contributed by atoms with Crippen molar-refractivity contribution >= 4 is 11.6 Å². The van der Waals surface area contributed by atoms with Gasteiger partial charge in [0.1, 0.15) is 6.54 Å². The van der Waals surface area contributed by atoms with Crippen molar-refractivity contribution in [3.8, 4) is 11.5 Å². The number of benzene rings is 1. The molecule has 7 nitrogen and oxygen atoms in total. The van der Waals surface area contributed by atoms with Crippen molar-refractivity contribution in [2.24, 2.45) is 5.11 Å². The number of hydrogen-bond donors (Lipinski definition) is 1. The molecule has 0 fully saturated rings. The van der Waals surface area contributed by atoms with E-state index in [1.807, 2.05) is 0 Å². The molecule has 2 rings (SSSR count). The summed E-state index contributed by atoms with van der Waals surface area (Å²) in [5, 5.41) is 5.72. The molecule has 1 N–H and O–H groups in total. The van der Waals surface area contributed by atoms with Gasteiger partial charge in [-0.3, -0.25) is 4.79 Å². The van der Waals surface area contributed by atoms with Crippen molar-refractivity contribution < 1.29 is 14.3 Å². The van der Waals surface area contributed by atoms with Crippen LogP contribution < -0.4 is 14.8 Å². The van der Waals surface area contributed by atoms with E-state index in [1.54, 1.807) is 18.2 Å². The van der Waals surface area contributed by atoms with Crippen molar-refractivity contribution in [3.63, 3.8) is 0 Å². The highest BCUT2D eigenvalue weighted by molar-refractivity contribution is 5.92. The van der Waals surface area contributed by atoms with Gasteiger partial charge in [-0.2, -0.15) is 0 Å². The van der Waals surface area contributed by atoms with Gasteiger partial charge in [0.05, 0.1) is 0 Å². The van der Waals surface area contributed by atoms with Crippen molar-refractivity contribution in [1.29, 1.82) is 0 Å². The summed E-state index contributed by atoms with van der Waals surface area (Å²) in [5.74, 6) is 0.853. The lowest BCUT2D eigenvalue weighted by atomic mass is 10.3. The molecule has 7 heteroatoms. The second-order valence-electron chi connectivity index (χ2n) is 3.01. The van der Waals surface area contributed by atoms with Gasteiger partial charge in [0.25, 0.3) is 0 Å². The fraction of sp³-hybridized carbons (Fsp3) is 0.222. The minimum atomic E-state index is -0.378. The Bertz CT molecular complexity index is 468. The maximum atomic E-state index is 11.2. The summed E-state index contributed by atoms with van der Waals surface area (Å²) in [6.07, 6.45) is 0. The van der Waals surface area contributed by atoms with E-state index in [1.165, 1.54) is 0 Å². The highest BCUT2D eigenvalue weighted by Gasteiger charge is 2.13. The van der Waals surface area contributed by atoms with E-state index < -0.39 is 0 Å². The summed E-state index contributed by atoms with van der Waals surface area (Å²) < 4.78 is 10.3. The maximum absolute atomic E-state index is 11.2. The summed E-state index contributed by atoms with van der Waals surface area (Å²) in [5.41, 5.74) is 8.62. The molecule has 0 radical (unpaired) electrons. The van der Waals surface area contributed by atoms with Gasteiger partial charge in [0, 0.05) is 16.7 Å². The van der Waals surface area contributed by atoms with E-state index in [0.717, 1.165) is 0 Å². The lowest BCUT2D eigenvalue weighted by Crippen LogP contribution is -2.14. The molecule has 0 aliphatic carbocycles. The number of amides is 1. The van der Waals surface area contributed by atoms with Crippen LogP contribution in [0.1, 0.15) is 0 Å². The lowest BCUT2D eigenvalue weighted by Gasteiger charge is -2.03. The van der Waals surface area contributed by atoms with Gasteiger partial charge < -0.3 is 14.8 Å². The summed E-state index contributed by atoms with van der Waals surface area (Å²) in [4.78, 5) is 13.7. The molecule has 0 saturated heterocycles. The number of fused-ring (bicyclic) bond motifs is 1. The molecule has 0 saturated carbocycles. The molecule has 1 aliphatic heterocycles. The molecule has 82 valence electrons. The number of nitrogens with zero attached hydrogens (tertiary/aromatic N) is 3. The topological polar surface area (TPSA) is 96.3 Å². The van der Waals surface area contributed by atoms with Gasteiger partial charge in [0.15, 0.2) is 11.5 Å². The Kier molecular flexibility index (Phi) is 2.79. The number of azide groups is 1. The molecular formula is C9H8N4O3. The molecule has 1 amide bonds. The normalized spacial score (nSPS) is 11.8. The Balaban J connectivity index is 2.05. The number of ether oxygens (including phenoxy) is 2. The molecule has 0 unspecified atom stereocenters. The third-order valence-electron chi connectivity index (χ3n) is 1.93. The first-order valence-electron chi connectivity index (χ1n) is 4.50. The van der Waals surface area contributed by atoms with E-state index in [2.05, 4.69) is 15.3 Å². The number of nitrogens with one attached hydrogen (secondary N) is 1. The molecule has 1 heterocycles. The van der Waals surface area contributed by atoms with Crippen molar-refractivity contribution in [1.82, 2.24) is 0 Å². The fourth-order valence-electron chi connectivity index (χ4n) is 1.27. The standard InChI is InChI=1S/C9H8N4O3/c10-13-11-4-9(14)12-6-1-2-7-8(3-6)16-5-15-7/h1-3H,4-5H2,(H,12,14). The third kappa shape index (κ3) is 2.15. The first-order chi connectivity index (χ1) is 7.79. The molecule has 1 aromatic carbocycles. The second kappa shape index (κ2) is 4.41. The summed E-state index contributed by atoms with van der Waals surface area (Å²) in [6, 6.07) is 5.03. The number of carbonyl (C=O) groups excluding carboxylic acids is 1. The van der Waals surface area contributed by atoms with Crippen LogP contribution in [-0.2, 0) is 4.79 Å². The van der Waals surface area contributed by atoms with Crippen molar-refractivity contribution in [3.05, 3.63) is 28.6 Å². The van der Waals surface area contributed by atoms with Crippen LogP contribution in [0.4, 0.5) is 5.69 Å². The Morgan fingerprint density at radius 3 is 3.12 bits per heavy atom. The minimum absolute atomic E-state index is 0.186. The van der Waals surface area contributed by atoms with E-state index >= 15 is 0 Å². The van der Waals surface area contributed by atoms with E-state index in [4.69, 9.17) is 15.0 Å². The first-order valence-corrected chi connectivity index (χ1v) is 4.50. The number of rotatable bonds is 3. The molecule has 0 atom stereocenters. The van der Waals surface area contributed by atoms with Crippen molar-refractivity contribution in [2.75, 3.05) is 18.7 Å². The van der Waals surface area contributed by atoms with Crippen LogP contribution in [0.15, 0.2) is 23.3 Å². The Labute approximate surface area is 90.6 Å². The van der Waals surface area contributed by atoms with Gasteiger partial charge in [-0.1, -0.05) is 5.11 Å². The van der Waals surface area contributed by atoms with E-state index in [0.29, 0.717) is 17.2 Å². The highest BCUT2D eigenvalue weighted by Crippen LogP contribution is 2.34. The average molecular weight is 220 g/mol. The zero-order valence-corrected chi connectivity index (χ0v) is 8.21. The SMILES string of the molecule is [N-]=[N+]=NCC(=O)Nc1ccc2c(c1)OCO2. The average Bonchev–Trinajstić information content (AvgIpc) is 2.73. The summed E-state index contributed by atoms with van der Waals surface area (Å²) in [6.45, 7) is -0.0452. The zero-order chi connectivity index (χ0) is 11.4. The van der Waals surface area contributed by atoms with E-state index in [9.17, 15) is 4.79 Å². The van der Waals surface area contributed by atoms with Gasteiger partial charge in [-0.05, 0) is 17.7 Å². The molecule has 1 aromatic rings. The van der Waals surface area contributed by atoms with Gasteiger partial charge >= 0.3 is 0 Å². The number of hydrogen-bond acceptors (Lipinski definition) is 4. The zero-order valence-electron chi connectivity index (χ0n) is 8.21. The molecular weight excluding hydrogens is 212 g/mol. The predicted octanol–water partition coefficient (Wildman–Crippen LogP) is 1.66. The fourth-order valence-corrected chi connectivity index (χ4v) is 1.27. The van der Waals surface area contributed by atoms with Gasteiger partial charge in [-0.25, -0.2) is 0 Å². The van der Waals surface area contributed by atoms with Crippen LogP contribution in [0.5, 0.6) is 11.5 Å². The molecule has 0 spiro atoms. The predicted molar refractivity (Wildman–Crippen MR) is 55.2 cm³/mol. The maximum Gasteiger partial charge on any atom is 0.231 e. The van der Waals surface area contributed by atoms with Crippen LogP contribution >= 0.6 is 0 Å². The Hall–Kier alpha value is -2.40. The largest absolute Gasteiger partial charge is 0.454 e. The van der Waals surface area contributed by atoms with Crippen LogP contribution in [0.3, 0.4) is 0 Å². The van der Waals surface area contributed by atoms with Gasteiger partial charge in [0.2, 0.25) is 12.7 Å². The summed E-state index contributed by atoms with van der Waals surface area (Å²) >= 11 is 0. The molecule has 1 aliphatic rings. The van der Waals surface area contributed by atoms with E-state index in [-0.39, 0.29) is 19.2 Å². The molecule has 16 heavy (non-hydrogen) atoms. The Morgan fingerprint density at radius 2 is 2.31 bits per heavy atom. The van der Waals surface area contributed by atoms with Crippen LogP contribution in [0, 0.1) is 0 Å². The quantitative estimate of drug-likeness (QED) is 0.476. The molecule has 0 aromatic heterocycles. The monoisotopic (exact) mass is 220 g/mol. The van der Waals surface area contributed by atoms with Crippen molar-refractivity contribution in [2.45, 2.75) is 0 Å². The van der Waals surface area contributed by atoms with Crippen LogP contribution in [0.2, 0.25) is 0 Å². The van der Waals surface area contributed by atoms with Gasteiger partial charge in [-0.15, -0.1) is 0 Å². The second-order valence-corrected chi connectivity index (χ2v) is 3.01. The number of carbonyl (C=O) groups is 1. The minimum Gasteiger partial charge on any atom is -0.454 e. The number of anilines is 1. The van der Waals surface area contributed by atoms with Crippen LogP contribution in [0.25, 0.3) is 10.4 Å². The smallest absolute Gasteiger partial charge is 0.231 e. The first kappa shape index (κ1) is 10.1.